The molecule has 0 aliphatic rings. The van der Waals surface area contributed by atoms with E-state index >= 15 is 0 Å². The summed E-state index contributed by atoms with van der Waals surface area (Å²) in [5.41, 5.74) is 0. The molecule has 1 amide bonds. The summed E-state index contributed by atoms with van der Waals surface area (Å²) in [6.45, 7) is 3.09. The number of hydrogen-bond donors (Lipinski definition) is 1. The second-order valence-corrected chi connectivity index (χ2v) is 1.47. The van der Waals surface area contributed by atoms with E-state index < -0.39 is 5.91 Å². The Balaban J connectivity index is 3.58. The minimum atomic E-state index is -0.566. The van der Waals surface area contributed by atoms with Crippen molar-refractivity contribution in [3.05, 3.63) is 11.6 Å². The van der Waals surface area contributed by atoms with E-state index in [1.807, 2.05) is 0 Å². The van der Waals surface area contributed by atoms with Crippen LogP contribution in [0.2, 0.25) is 0 Å². The Morgan fingerprint density at radius 1 is 1.71 bits per heavy atom. The minimum Gasteiger partial charge on any atom is -0.267 e. The first-order valence-corrected chi connectivity index (χ1v) is 2.19. The van der Waals surface area contributed by atoms with Gasteiger partial charge in [-0.15, -0.1) is 0 Å². The average Bonchev–Trinajstić information content (AvgIpc) is 1.65. The summed E-state index contributed by atoms with van der Waals surface area (Å²) in [4.78, 5) is 11.8. The summed E-state index contributed by atoms with van der Waals surface area (Å²) in [5, 5.41) is -0.116. The van der Waals surface area contributed by atoms with Gasteiger partial charge in [0.25, 0.3) is 5.91 Å². The number of amides is 1. The van der Waals surface area contributed by atoms with Gasteiger partial charge in [0.2, 0.25) is 0 Å². The van der Waals surface area contributed by atoms with Gasteiger partial charge in [-0.3, -0.25) is 9.63 Å². The molecule has 0 aromatic rings. The van der Waals surface area contributed by atoms with E-state index in [-0.39, 0.29) is 5.03 Å². The van der Waals surface area contributed by atoms with E-state index in [4.69, 9.17) is 23.4 Å². The fourth-order valence-electron chi connectivity index (χ4n) is 0.0513. The van der Waals surface area contributed by atoms with Gasteiger partial charge in [-0.25, -0.2) is 0 Å². The van der Waals surface area contributed by atoms with Crippen molar-refractivity contribution in [1.29, 1.82) is 0 Å². The maximum Gasteiger partial charge on any atom is 0.276 e. The topological polar surface area (TPSA) is 29.1 Å². The van der Waals surface area contributed by atoms with E-state index in [1.54, 1.807) is 4.84 Å². The van der Waals surface area contributed by atoms with Crippen molar-refractivity contribution in [2.45, 2.75) is 0 Å². The van der Waals surface area contributed by atoms with Gasteiger partial charge in [0, 0.05) is 11.8 Å². The molecule has 0 rings (SSSR count). The van der Waals surface area contributed by atoms with Crippen LogP contribution < -0.4 is 4.84 Å². The highest BCUT2D eigenvalue weighted by molar-refractivity contribution is 6.44. The molecule has 0 fully saturated rings. The Morgan fingerprint density at radius 2 is 2.14 bits per heavy atom. The van der Waals surface area contributed by atoms with Crippen LogP contribution in [0.25, 0.3) is 0 Å². The molecule has 0 heterocycles. The third-order valence-corrected chi connectivity index (χ3v) is 0.675. The van der Waals surface area contributed by atoms with Crippen molar-refractivity contribution < 1.29 is 4.79 Å². The van der Waals surface area contributed by atoms with Crippen molar-refractivity contribution in [2.75, 3.05) is 0 Å². The second kappa shape index (κ2) is 2.88. The average molecular weight is 140 g/mol. The molecule has 0 bridgehead atoms. The van der Waals surface area contributed by atoms with E-state index in [1.165, 1.54) is 0 Å². The van der Waals surface area contributed by atoms with Gasteiger partial charge in [-0.1, -0.05) is 18.2 Å². The van der Waals surface area contributed by atoms with Gasteiger partial charge in [0.05, 0.1) is 5.03 Å². The molecule has 2 nitrogen and oxygen atoms in total. The highest BCUT2D eigenvalue weighted by atomic mass is 35.5. The number of nitrogens with one attached hydrogen (secondary N) is 1. The molecular formula is C3H3Cl2NO. The van der Waals surface area contributed by atoms with Gasteiger partial charge >= 0.3 is 0 Å². The summed E-state index contributed by atoms with van der Waals surface area (Å²) >= 11 is 9.84. The minimum absolute atomic E-state index is 0.116. The van der Waals surface area contributed by atoms with Crippen molar-refractivity contribution >= 4 is 29.3 Å². The van der Waals surface area contributed by atoms with Crippen molar-refractivity contribution in [1.82, 2.24) is 4.84 Å². The molecule has 0 aromatic carbocycles. The van der Waals surface area contributed by atoms with Gasteiger partial charge < -0.3 is 0 Å². The van der Waals surface area contributed by atoms with Crippen LogP contribution in [0.1, 0.15) is 0 Å². The molecule has 0 radical (unpaired) electrons. The predicted molar refractivity (Wildman–Crippen MR) is 29.0 cm³/mol. The maximum absolute atomic E-state index is 10.0. The zero-order valence-electron chi connectivity index (χ0n) is 3.37. The van der Waals surface area contributed by atoms with Gasteiger partial charge in [-0.05, 0) is 0 Å². The lowest BCUT2D eigenvalue weighted by Crippen LogP contribution is -2.10. The molecule has 0 aliphatic carbocycles. The first-order valence-electron chi connectivity index (χ1n) is 1.44. The van der Waals surface area contributed by atoms with E-state index in [0.717, 1.165) is 0 Å². The van der Waals surface area contributed by atoms with Crippen LogP contribution in [-0.4, -0.2) is 5.91 Å². The van der Waals surface area contributed by atoms with Crippen molar-refractivity contribution in [2.24, 2.45) is 0 Å². The van der Waals surface area contributed by atoms with Crippen molar-refractivity contribution in [3.63, 3.8) is 0 Å². The van der Waals surface area contributed by atoms with Crippen LogP contribution in [0.5, 0.6) is 0 Å². The number of carbonyl (C=O) groups excluding carboxylic acids is 1. The summed E-state index contributed by atoms with van der Waals surface area (Å²) in [6, 6.07) is 0. The highest BCUT2D eigenvalue weighted by Gasteiger charge is 1.97. The Morgan fingerprint density at radius 3 is 2.14 bits per heavy atom. The summed E-state index contributed by atoms with van der Waals surface area (Å²) in [6.07, 6.45) is 0. The fourth-order valence-corrected chi connectivity index (χ4v) is 0.261. The highest BCUT2D eigenvalue weighted by Crippen LogP contribution is 1.94. The number of rotatable bonds is 1. The zero-order valence-corrected chi connectivity index (χ0v) is 4.88. The lowest BCUT2D eigenvalue weighted by molar-refractivity contribution is -0.115. The van der Waals surface area contributed by atoms with E-state index in [2.05, 4.69) is 6.58 Å². The Hall–Kier alpha value is -0.210. The molecule has 0 atom stereocenters. The Kier molecular flexibility index (Phi) is 2.79. The second-order valence-electron chi connectivity index (χ2n) is 0.829. The monoisotopic (exact) mass is 139 g/mol. The lowest BCUT2D eigenvalue weighted by Gasteiger charge is -1.86. The largest absolute Gasteiger partial charge is 0.276 e. The molecule has 1 N–H and O–H groups in total. The summed E-state index contributed by atoms with van der Waals surface area (Å²) in [7, 11) is 0. The van der Waals surface area contributed by atoms with Gasteiger partial charge in [0.15, 0.2) is 0 Å². The first kappa shape index (κ1) is 6.79. The van der Waals surface area contributed by atoms with Crippen LogP contribution in [0.3, 0.4) is 0 Å². The van der Waals surface area contributed by atoms with E-state index in [0.29, 0.717) is 0 Å². The maximum atomic E-state index is 10.0. The molecule has 0 saturated heterocycles. The Bertz CT molecular complexity index is 101. The number of carbonyl (C=O) groups is 1. The molecule has 7 heavy (non-hydrogen) atoms. The molecule has 0 unspecified atom stereocenters. The molecule has 0 aromatic heterocycles. The molecule has 0 spiro atoms. The standard InChI is InChI=1S/C3H3Cl2NO/c1-2(4)3(7)6-5/h1H2,(H,6,7). The quantitative estimate of drug-likeness (QED) is 0.427. The van der Waals surface area contributed by atoms with Crippen LogP contribution in [0, 0.1) is 0 Å². The predicted octanol–water partition coefficient (Wildman–Crippen LogP) is 1.01. The summed E-state index contributed by atoms with van der Waals surface area (Å²) < 4.78 is 0. The SMILES string of the molecule is C=C(Cl)C(=O)NCl. The Labute approximate surface area is 51.2 Å². The third kappa shape index (κ3) is 2.48. The lowest BCUT2D eigenvalue weighted by atomic mass is 10.6. The molecule has 0 saturated carbocycles. The van der Waals surface area contributed by atoms with Gasteiger partial charge in [-0.2, -0.15) is 0 Å². The van der Waals surface area contributed by atoms with E-state index in [9.17, 15) is 4.79 Å². The van der Waals surface area contributed by atoms with Crippen LogP contribution in [0.4, 0.5) is 0 Å². The van der Waals surface area contributed by atoms with Crippen LogP contribution >= 0.6 is 23.4 Å². The third-order valence-electron chi connectivity index (χ3n) is 0.332. The van der Waals surface area contributed by atoms with Crippen LogP contribution in [0.15, 0.2) is 11.6 Å². The normalized spacial score (nSPS) is 7.71. The van der Waals surface area contributed by atoms with Gasteiger partial charge in [0.1, 0.15) is 0 Å². The molecule has 0 aliphatic heterocycles. The molecule has 4 heteroatoms. The smallest absolute Gasteiger partial charge is 0.267 e. The van der Waals surface area contributed by atoms with Crippen LogP contribution in [-0.2, 0) is 4.79 Å². The van der Waals surface area contributed by atoms with Crippen molar-refractivity contribution in [3.8, 4) is 0 Å². The molecule has 40 valence electrons. The first-order chi connectivity index (χ1) is 3.18. The summed E-state index contributed by atoms with van der Waals surface area (Å²) in [5.74, 6) is -0.566. The fraction of sp³-hybridized carbons (Fsp3) is 0. The number of halogens is 2. The number of hydrogen-bond acceptors (Lipinski definition) is 1. The molecular weight excluding hydrogens is 137 g/mol. The zero-order chi connectivity index (χ0) is 5.86.